The number of fused-ring (bicyclic) bond motifs is 1. The maximum atomic E-state index is 12.8. The number of carbonyl (C=O) groups is 1. The summed E-state index contributed by atoms with van der Waals surface area (Å²) < 4.78 is 39.7. The van der Waals surface area contributed by atoms with Crippen LogP contribution in [-0.2, 0) is 6.54 Å². The second kappa shape index (κ2) is 6.83. The molecule has 0 bridgehead atoms. The summed E-state index contributed by atoms with van der Waals surface area (Å²) >= 11 is 12.3. The van der Waals surface area contributed by atoms with Gasteiger partial charge in [-0.3, -0.25) is 0 Å². The zero-order valence-corrected chi connectivity index (χ0v) is 15.7. The van der Waals surface area contributed by atoms with Crippen molar-refractivity contribution < 1.29 is 18.0 Å². The Labute approximate surface area is 168 Å². The minimum absolute atomic E-state index is 0.231. The van der Waals surface area contributed by atoms with Crippen molar-refractivity contribution in [1.82, 2.24) is 14.5 Å². The Morgan fingerprint density at radius 3 is 2.36 bits per heavy atom. The molecule has 1 aliphatic heterocycles. The van der Waals surface area contributed by atoms with Crippen LogP contribution in [0.15, 0.2) is 48.5 Å². The second-order valence-corrected chi connectivity index (χ2v) is 7.14. The number of hydrogen-bond acceptors (Lipinski definition) is 2. The van der Waals surface area contributed by atoms with Gasteiger partial charge < -0.3 is 4.90 Å². The Hall–Kier alpha value is -2.51. The molecule has 2 aromatic carbocycles. The first-order chi connectivity index (χ1) is 13.2. The van der Waals surface area contributed by atoms with E-state index in [0.717, 1.165) is 4.90 Å². The van der Waals surface area contributed by atoms with Gasteiger partial charge in [0.05, 0.1) is 23.0 Å². The van der Waals surface area contributed by atoms with Gasteiger partial charge in [-0.25, -0.2) is 14.3 Å². The standard InChI is InChI=1S/C19H12Cl2F3N3O/c20-12-7-5-11(6-8-12)17-16(13-3-1-2-4-14(13)21)25-15-9-26(10-19(22,23)24)18(28)27(15)17/h1-8H,9-10H2. The van der Waals surface area contributed by atoms with Crippen molar-refractivity contribution in [3.05, 3.63) is 64.4 Å². The van der Waals surface area contributed by atoms with Crippen molar-refractivity contribution in [3.63, 3.8) is 0 Å². The summed E-state index contributed by atoms with van der Waals surface area (Å²) in [7, 11) is 0. The SMILES string of the molecule is O=C1N(CC(F)(F)F)Cc2nc(-c3ccccc3Cl)c(-c3ccc(Cl)cc3)n21. The molecule has 144 valence electrons. The molecular weight excluding hydrogens is 414 g/mol. The molecule has 0 N–H and O–H groups in total. The molecule has 0 fully saturated rings. The Bertz CT molecular complexity index is 1060. The normalized spacial score (nSPS) is 13.9. The Balaban J connectivity index is 1.89. The van der Waals surface area contributed by atoms with Crippen LogP contribution in [0.3, 0.4) is 0 Å². The fourth-order valence-corrected chi connectivity index (χ4v) is 3.56. The summed E-state index contributed by atoms with van der Waals surface area (Å²) in [5.74, 6) is 0.231. The molecule has 0 radical (unpaired) electrons. The molecule has 2 heterocycles. The Kier molecular flexibility index (Phi) is 4.59. The number of amides is 1. The summed E-state index contributed by atoms with van der Waals surface area (Å²) in [6.07, 6.45) is -4.49. The van der Waals surface area contributed by atoms with Crippen LogP contribution in [0.25, 0.3) is 22.5 Å². The molecule has 28 heavy (non-hydrogen) atoms. The highest BCUT2D eigenvalue weighted by Crippen LogP contribution is 2.39. The third-order valence-corrected chi connectivity index (χ3v) is 4.94. The van der Waals surface area contributed by atoms with E-state index < -0.39 is 18.8 Å². The van der Waals surface area contributed by atoms with Crippen LogP contribution in [0.5, 0.6) is 0 Å². The van der Waals surface area contributed by atoms with E-state index in [2.05, 4.69) is 4.98 Å². The number of halogens is 5. The number of rotatable bonds is 3. The van der Waals surface area contributed by atoms with Crippen LogP contribution in [0.4, 0.5) is 18.0 Å². The van der Waals surface area contributed by atoms with Gasteiger partial charge in [0.1, 0.15) is 12.4 Å². The van der Waals surface area contributed by atoms with Gasteiger partial charge in [0, 0.05) is 16.1 Å². The molecule has 9 heteroatoms. The van der Waals surface area contributed by atoms with Gasteiger partial charge in [-0.1, -0.05) is 53.5 Å². The highest BCUT2D eigenvalue weighted by Gasteiger charge is 2.40. The lowest BCUT2D eigenvalue weighted by Gasteiger charge is -2.18. The molecule has 0 aliphatic carbocycles. The van der Waals surface area contributed by atoms with Gasteiger partial charge in [0.15, 0.2) is 0 Å². The van der Waals surface area contributed by atoms with Gasteiger partial charge in [0.2, 0.25) is 0 Å². The summed E-state index contributed by atoms with van der Waals surface area (Å²) in [6, 6.07) is 12.8. The maximum Gasteiger partial charge on any atom is 0.406 e. The number of alkyl halides is 3. The van der Waals surface area contributed by atoms with Gasteiger partial charge in [0.25, 0.3) is 0 Å². The molecule has 0 saturated heterocycles. The lowest BCUT2D eigenvalue weighted by Crippen LogP contribution is -2.35. The monoisotopic (exact) mass is 425 g/mol. The summed E-state index contributed by atoms with van der Waals surface area (Å²) in [5.41, 5.74) is 2.00. The lowest BCUT2D eigenvalue weighted by molar-refractivity contribution is -0.139. The fraction of sp³-hybridized carbons (Fsp3) is 0.158. The van der Waals surface area contributed by atoms with E-state index >= 15 is 0 Å². The maximum absolute atomic E-state index is 12.8. The number of hydrogen-bond donors (Lipinski definition) is 0. The third-order valence-electron chi connectivity index (χ3n) is 4.36. The second-order valence-electron chi connectivity index (χ2n) is 6.30. The van der Waals surface area contributed by atoms with Crippen LogP contribution < -0.4 is 0 Å². The van der Waals surface area contributed by atoms with Gasteiger partial charge in [-0.15, -0.1) is 0 Å². The molecule has 0 spiro atoms. The van der Waals surface area contributed by atoms with Gasteiger partial charge >= 0.3 is 12.2 Å². The van der Waals surface area contributed by atoms with Crippen molar-refractivity contribution in [3.8, 4) is 22.5 Å². The van der Waals surface area contributed by atoms with Crippen molar-refractivity contribution in [2.45, 2.75) is 12.7 Å². The largest absolute Gasteiger partial charge is 0.406 e. The zero-order valence-electron chi connectivity index (χ0n) is 14.2. The Morgan fingerprint density at radius 1 is 1.04 bits per heavy atom. The summed E-state index contributed by atoms with van der Waals surface area (Å²) in [4.78, 5) is 17.9. The molecule has 4 nitrogen and oxygen atoms in total. The zero-order chi connectivity index (χ0) is 20.1. The van der Waals surface area contributed by atoms with Gasteiger partial charge in [-0.05, 0) is 18.2 Å². The molecule has 0 atom stereocenters. The van der Waals surface area contributed by atoms with Crippen LogP contribution in [0.1, 0.15) is 5.82 Å². The van der Waals surface area contributed by atoms with Crippen molar-refractivity contribution >= 4 is 29.2 Å². The summed E-state index contributed by atoms with van der Waals surface area (Å²) in [6.45, 7) is -1.57. The van der Waals surface area contributed by atoms with Crippen LogP contribution >= 0.6 is 23.2 Å². The Morgan fingerprint density at radius 2 is 1.71 bits per heavy atom. The first-order valence-corrected chi connectivity index (χ1v) is 8.98. The number of nitrogens with zero attached hydrogens (tertiary/aromatic N) is 3. The number of imidazole rings is 1. The molecule has 4 rings (SSSR count). The van der Waals surface area contributed by atoms with Crippen molar-refractivity contribution in [2.75, 3.05) is 6.54 Å². The van der Waals surface area contributed by atoms with Crippen LogP contribution in [-0.4, -0.2) is 33.2 Å². The highest BCUT2D eigenvalue weighted by atomic mass is 35.5. The van der Waals surface area contributed by atoms with E-state index in [1.807, 2.05) is 0 Å². The quantitative estimate of drug-likeness (QED) is 0.526. The number of benzene rings is 2. The third kappa shape index (κ3) is 3.36. The van der Waals surface area contributed by atoms with Gasteiger partial charge in [-0.2, -0.15) is 13.2 Å². The van der Waals surface area contributed by atoms with E-state index in [4.69, 9.17) is 23.2 Å². The average Bonchev–Trinajstić information content (AvgIpc) is 3.12. The smallest absolute Gasteiger partial charge is 0.307 e. The summed E-state index contributed by atoms with van der Waals surface area (Å²) in [5, 5.41) is 0.920. The first-order valence-electron chi connectivity index (χ1n) is 8.23. The van der Waals surface area contributed by atoms with Crippen LogP contribution in [0.2, 0.25) is 10.0 Å². The molecule has 1 aromatic heterocycles. The topological polar surface area (TPSA) is 38.1 Å². The highest BCUT2D eigenvalue weighted by molar-refractivity contribution is 6.33. The predicted molar refractivity (Wildman–Crippen MR) is 100 cm³/mol. The van der Waals surface area contributed by atoms with E-state index in [9.17, 15) is 18.0 Å². The van der Waals surface area contributed by atoms with Crippen LogP contribution in [0, 0.1) is 0 Å². The minimum Gasteiger partial charge on any atom is -0.307 e. The van der Waals surface area contributed by atoms with Crippen molar-refractivity contribution in [2.24, 2.45) is 0 Å². The minimum atomic E-state index is -4.49. The first kappa shape index (κ1) is 18.8. The predicted octanol–water partition coefficient (Wildman–Crippen LogP) is 5.87. The fourth-order valence-electron chi connectivity index (χ4n) is 3.21. The lowest BCUT2D eigenvalue weighted by atomic mass is 10.0. The molecule has 1 amide bonds. The molecular formula is C19H12Cl2F3N3O. The van der Waals surface area contributed by atoms with Crippen molar-refractivity contribution in [1.29, 1.82) is 0 Å². The molecule has 0 saturated carbocycles. The number of aromatic nitrogens is 2. The van der Waals surface area contributed by atoms with E-state index in [-0.39, 0.29) is 12.4 Å². The molecule has 0 unspecified atom stereocenters. The average molecular weight is 426 g/mol. The number of carbonyl (C=O) groups excluding carboxylic acids is 1. The van der Waals surface area contributed by atoms with E-state index in [0.29, 0.717) is 32.6 Å². The van der Waals surface area contributed by atoms with E-state index in [1.54, 1.807) is 48.5 Å². The van der Waals surface area contributed by atoms with E-state index in [1.165, 1.54) is 4.57 Å². The molecule has 1 aliphatic rings. The molecule has 3 aromatic rings.